The molecule has 1 aromatic heterocycles. The van der Waals surface area contributed by atoms with Crippen LogP contribution in [0.15, 0.2) is 60.8 Å². The van der Waals surface area contributed by atoms with Gasteiger partial charge in [0.1, 0.15) is 18.1 Å². The predicted octanol–water partition coefficient (Wildman–Crippen LogP) is 2.87. The average molecular weight is 352 g/mol. The number of rotatable bonds is 8. The number of fused-ring (bicyclic) bond motifs is 1. The summed E-state index contributed by atoms with van der Waals surface area (Å²) in [4.78, 5) is 16.5. The van der Waals surface area contributed by atoms with Crippen LogP contribution in [0.3, 0.4) is 0 Å². The van der Waals surface area contributed by atoms with Crippen LogP contribution in [0.5, 0.6) is 5.75 Å². The quantitative estimate of drug-likeness (QED) is 0.609. The fraction of sp³-hybridized carbons (Fsp3) is 0.200. The highest BCUT2D eigenvalue weighted by molar-refractivity contribution is 6.09. The molecule has 0 aliphatic heterocycles. The van der Waals surface area contributed by atoms with E-state index in [0.29, 0.717) is 30.3 Å². The number of pyridine rings is 1. The Balaban J connectivity index is 1.82. The minimum Gasteiger partial charge on any atom is -0.490 e. The summed E-state index contributed by atoms with van der Waals surface area (Å²) in [6.45, 7) is 0.989. The van der Waals surface area contributed by atoms with Crippen LogP contribution in [0, 0.1) is 0 Å². The molecule has 0 saturated heterocycles. The molecule has 1 heterocycles. The van der Waals surface area contributed by atoms with Gasteiger partial charge in [-0.25, -0.2) is 0 Å². The summed E-state index contributed by atoms with van der Waals surface area (Å²) in [7, 11) is 0. The second-order valence-electron chi connectivity index (χ2n) is 5.51. The maximum Gasteiger partial charge on any atom is 0.274 e. The molecule has 3 aromatic rings. The first-order valence-electron chi connectivity index (χ1n) is 8.35. The summed E-state index contributed by atoms with van der Waals surface area (Å²) in [6.07, 6.45) is 1.58. The number of aliphatic hydroxyl groups excluding tert-OH is 1. The van der Waals surface area contributed by atoms with E-state index in [1.54, 1.807) is 24.4 Å². The lowest BCUT2D eigenvalue weighted by Gasteiger charge is -2.14. The van der Waals surface area contributed by atoms with E-state index in [0.717, 1.165) is 10.8 Å². The lowest BCUT2D eigenvalue weighted by Crippen LogP contribution is -2.14. The highest BCUT2D eigenvalue weighted by atomic mass is 16.5. The zero-order valence-corrected chi connectivity index (χ0v) is 14.2. The minimum atomic E-state index is -0.279. The zero-order chi connectivity index (χ0) is 18.2. The highest BCUT2D eigenvalue weighted by Crippen LogP contribution is 2.32. The highest BCUT2D eigenvalue weighted by Gasteiger charge is 2.12. The number of hydrogen-bond donors (Lipinski definition) is 2. The van der Waals surface area contributed by atoms with Crippen LogP contribution in [0.25, 0.3) is 10.8 Å². The van der Waals surface area contributed by atoms with Crippen LogP contribution in [-0.4, -0.2) is 42.4 Å². The van der Waals surface area contributed by atoms with Crippen LogP contribution in [0.4, 0.5) is 5.69 Å². The number of ether oxygens (including phenoxy) is 2. The summed E-state index contributed by atoms with van der Waals surface area (Å²) in [5, 5.41) is 13.4. The van der Waals surface area contributed by atoms with Crippen LogP contribution >= 0.6 is 0 Å². The van der Waals surface area contributed by atoms with E-state index >= 15 is 0 Å². The Labute approximate surface area is 151 Å². The molecule has 26 heavy (non-hydrogen) atoms. The van der Waals surface area contributed by atoms with Crippen molar-refractivity contribution in [3.63, 3.8) is 0 Å². The Hall–Kier alpha value is -2.96. The van der Waals surface area contributed by atoms with E-state index in [4.69, 9.17) is 14.6 Å². The molecule has 0 unspecified atom stereocenters. The number of anilines is 1. The molecule has 0 atom stereocenters. The van der Waals surface area contributed by atoms with Crippen molar-refractivity contribution in [1.82, 2.24) is 4.98 Å². The third-order valence-corrected chi connectivity index (χ3v) is 3.73. The maximum atomic E-state index is 12.4. The number of carbonyl (C=O) groups excluding carboxylic acids is 1. The second-order valence-corrected chi connectivity index (χ2v) is 5.51. The SMILES string of the molecule is O=C(Nc1cccc2cccc(OCCOCCO)c12)c1ccccn1. The third-order valence-electron chi connectivity index (χ3n) is 3.73. The number of aromatic nitrogens is 1. The van der Waals surface area contributed by atoms with Crippen molar-refractivity contribution < 1.29 is 19.4 Å². The monoisotopic (exact) mass is 352 g/mol. The van der Waals surface area contributed by atoms with E-state index in [9.17, 15) is 4.79 Å². The molecule has 0 spiro atoms. The van der Waals surface area contributed by atoms with Gasteiger partial charge in [0.15, 0.2) is 0 Å². The Morgan fingerprint density at radius 1 is 1.00 bits per heavy atom. The van der Waals surface area contributed by atoms with Gasteiger partial charge < -0.3 is 19.9 Å². The largest absolute Gasteiger partial charge is 0.490 e. The first kappa shape index (κ1) is 17.8. The topological polar surface area (TPSA) is 80.7 Å². The molecule has 0 bridgehead atoms. The molecule has 2 N–H and O–H groups in total. The zero-order valence-electron chi connectivity index (χ0n) is 14.2. The number of aliphatic hydroxyl groups is 1. The smallest absolute Gasteiger partial charge is 0.274 e. The fourth-order valence-electron chi connectivity index (χ4n) is 2.59. The van der Waals surface area contributed by atoms with Gasteiger partial charge in [0.25, 0.3) is 5.91 Å². The first-order chi connectivity index (χ1) is 12.8. The molecule has 0 fully saturated rings. The Morgan fingerprint density at radius 2 is 1.85 bits per heavy atom. The molecular formula is C20H20N2O4. The molecule has 0 saturated carbocycles. The van der Waals surface area contributed by atoms with Crippen molar-refractivity contribution in [1.29, 1.82) is 0 Å². The van der Waals surface area contributed by atoms with Gasteiger partial charge in [0, 0.05) is 11.6 Å². The normalized spacial score (nSPS) is 10.7. The summed E-state index contributed by atoms with van der Waals surface area (Å²) < 4.78 is 11.0. The van der Waals surface area contributed by atoms with Gasteiger partial charge in [-0.15, -0.1) is 0 Å². The predicted molar refractivity (Wildman–Crippen MR) is 99.5 cm³/mol. The summed E-state index contributed by atoms with van der Waals surface area (Å²) in [5.41, 5.74) is 1.00. The van der Waals surface area contributed by atoms with E-state index in [1.165, 1.54) is 0 Å². The Kier molecular flexibility index (Phi) is 6.14. The molecule has 6 heteroatoms. The van der Waals surface area contributed by atoms with Crippen LogP contribution in [-0.2, 0) is 4.74 Å². The second kappa shape index (κ2) is 8.94. The first-order valence-corrected chi connectivity index (χ1v) is 8.35. The molecule has 134 valence electrons. The van der Waals surface area contributed by atoms with Crippen molar-refractivity contribution in [2.75, 3.05) is 31.7 Å². The molecule has 1 amide bonds. The van der Waals surface area contributed by atoms with E-state index in [2.05, 4.69) is 10.3 Å². The van der Waals surface area contributed by atoms with Gasteiger partial charge in [-0.1, -0.05) is 30.3 Å². The summed E-state index contributed by atoms with van der Waals surface area (Å²) in [6, 6.07) is 16.6. The Morgan fingerprint density at radius 3 is 2.62 bits per heavy atom. The molecule has 0 aliphatic carbocycles. The fourth-order valence-corrected chi connectivity index (χ4v) is 2.59. The van der Waals surface area contributed by atoms with Crippen molar-refractivity contribution in [2.24, 2.45) is 0 Å². The number of nitrogens with one attached hydrogen (secondary N) is 1. The Bertz CT molecular complexity index is 863. The van der Waals surface area contributed by atoms with Gasteiger partial charge in [-0.2, -0.15) is 0 Å². The molecule has 2 aromatic carbocycles. The van der Waals surface area contributed by atoms with Crippen LogP contribution < -0.4 is 10.1 Å². The van der Waals surface area contributed by atoms with Crippen molar-refractivity contribution in [3.8, 4) is 5.75 Å². The van der Waals surface area contributed by atoms with Gasteiger partial charge in [-0.05, 0) is 29.7 Å². The number of benzene rings is 2. The maximum absolute atomic E-state index is 12.4. The number of carbonyl (C=O) groups is 1. The van der Waals surface area contributed by atoms with Crippen molar-refractivity contribution in [2.45, 2.75) is 0 Å². The van der Waals surface area contributed by atoms with Crippen LogP contribution in [0.1, 0.15) is 10.5 Å². The molecule has 3 rings (SSSR count). The average Bonchev–Trinajstić information content (AvgIpc) is 2.68. The van der Waals surface area contributed by atoms with E-state index in [-0.39, 0.29) is 19.1 Å². The van der Waals surface area contributed by atoms with Crippen molar-refractivity contribution in [3.05, 3.63) is 66.5 Å². The number of amides is 1. The molecule has 0 radical (unpaired) electrons. The molecule has 6 nitrogen and oxygen atoms in total. The van der Waals surface area contributed by atoms with E-state index < -0.39 is 0 Å². The van der Waals surface area contributed by atoms with Gasteiger partial charge in [-0.3, -0.25) is 9.78 Å². The lowest BCUT2D eigenvalue weighted by molar-refractivity contribution is 0.0708. The molecule has 0 aliphatic rings. The lowest BCUT2D eigenvalue weighted by atomic mass is 10.1. The minimum absolute atomic E-state index is 0.0159. The van der Waals surface area contributed by atoms with Gasteiger partial charge >= 0.3 is 0 Å². The van der Waals surface area contributed by atoms with Crippen molar-refractivity contribution >= 4 is 22.4 Å². The summed E-state index contributed by atoms with van der Waals surface area (Å²) in [5.74, 6) is 0.381. The number of nitrogens with zero attached hydrogens (tertiary/aromatic N) is 1. The van der Waals surface area contributed by atoms with Gasteiger partial charge in [0.05, 0.1) is 25.5 Å². The molecular weight excluding hydrogens is 332 g/mol. The standard InChI is InChI=1S/C20H20N2O4/c23-11-12-25-13-14-26-18-9-4-6-15-5-3-8-16(19(15)18)22-20(24)17-7-1-2-10-21-17/h1-10,23H,11-14H2,(H,22,24). The third kappa shape index (κ3) is 4.36. The number of hydrogen-bond acceptors (Lipinski definition) is 5. The van der Waals surface area contributed by atoms with E-state index in [1.807, 2.05) is 36.4 Å². The van der Waals surface area contributed by atoms with Crippen LogP contribution in [0.2, 0.25) is 0 Å². The van der Waals surface area contributed by atoms with Gasteiger partial charge in [0.2, 0.25) is 0 Å². The summed E-state index contributed by atoms with van der Waals surface area (Å²) >= 11 is 0.